The summed E-state index contributed by atoms with van der Waals surface area (Å²) in [5.74, 6) is -1.64. The third-order valence-electron chi connectivity index (χ3n) is 6.41. The summed E-state index contributed by atoms with van der Waals surface area (Å²) in [5.41, 5.74) is 5.12. The smallest absolute Gasteiger partial charge is 0.339 e. The summed E-state index contributed by atoms with van der Waals surface area (Å²) in [6, 6.07) is 6.78. The van der Waals surface area contributed by atoms with E-state index < -0.39 is 17.8 Å². The van der Waals surface area contributed by atoms with Gasteiger partial charge in [-0.05, 0) is 64.0 Å². The van der Waals surface area contributed by atoms with Crippen molar-refractivity contribution in [3.8, 4) is 0 Å². The number of carbonyl (C=O) groups is 1. The second kappa shape index (κ2) is 8.61. The van der Waals surface area contributed by atoms with Gasteiger partial charge in [0.05, 0.1) is 5.70 Å². The van der Waals surface area contributed by atoms with Gasteiger partial charge in [-0.15, -0.1) is 0 Å². The lowest BCUT2D eigenvalue weighted by Crippen LogP contribution is -2.37. The fraction of sp³-hybridized carbons (Fsp3) is 0.458. The lowest BCUT2D eigenvalue weighted by Gasteiger charge is -2.27. The average Bonchev–Trinajstić information content (AvgIpc) is 2.89. The highest BCUT2D eigenvalue weighted by molar-refractivity contribution is 5.94. The number of carboxylic acid groups (broad SMARTS) is 1. The van der Waals surface area contributed by atoms with E-state index >= 15 is 0 Å². The molecule has 0 spiro atoms. The van der Waals surface area contributed by atoms with Crippen LogP contribution in [0.25, 0.3) is 16.6 Å². The van der Waals surface area contributed by atoms with E-state index in [0.29, 0.717) is 23.7 Å². The zero-order valence-corrected chi connectivity index (χ0v) is 19.1. The number of aryl methyl sites for hydroxylation is 2. The fourth-order valence-corrected chi connectivity index (χ4v) is 4.85. The maximum Gasteiger partial charge on any atom is 0.339 e. The Balaban J connectivity index is 1.73. The van der Waals surface area contributed by atoms with E-state index in [-0.39, 0.29) is 5.76 Å². The minimum Gasteiger partial charge on any atom is -0.507 e. The molecular weight excluding hydrogens is 408 g/mol. The summed E-state index contributed by atoms with van der Waals surface area (Å²) < 4.78 is 2.20. The first-order valence-corrected chi connectivity index (χ1v) is 11.0. The number of dihydropyridines is 1. The summed E-state index contributed by atoms with van der Waals surface area (Å²) >= 11 is 0. The molecule has 0 fully saturated rings. The number of carboxylic acids is 1. The molecule has 0 saturated heterocycles. The fourth-order valence-electron chi connectivity index (χ4n) is 4.85. The standard InChI is InChI=1S/C24H32N4O4/c1-13(12-27(2)3)25-11-16-8-15-9-18-14(10-19(15)28(16)4)6-5-7-17-21(18)26-23(30)20(22(17)29)24(31)32/h8-10,13,23,25-26,29-30H,5-7,11-12H2,1-4H3,(H,31,32). The molecule has 0 bridgehead atoms. The van der Waals surface area contributed by atoms with Crippen LogP contribution in [0.2, 0.25) is 0 Å². The van der Waals surface area contributed by atoms with Crippen LogP contribution in [0.4, 0.5) is 0 Å². The molecule has 0 amide bonds. The molecule has 5 N–H and O–H groups in total. The van der Waals surface area contributed by atoms with Gasteiger partial charge in [-0.25, -0.2) is 4.79 Å². The SMILES string of the molecule is CC(CN(C)C)NCc1cc2cc3c(cc2n1C)CCCC1=C3NC(O)C(C(=O)O)=C1O. The number of benzene rings is 1. The van der Waals surface area contributed by atoms with Crippen molar-refractivity contribution in [2.24, 2.45) is 7.05 Å². The van der Waals surface area contributed by atoms with Gasteiger partial charge in [0.15, 0.2) is 6.23 Å². The minimum atomic E-state index is -1.46. The van der Waals surface area contributed by atoms with Crippen molar-refractivity contribution < 1.29 is 20.1 Å². The highest BCUT2D eigenvalue weighted by atomic mass is 16.4. The number of aliphatic hydroxyl groups is 2. The molecule has 1 aliphatic heterocycles. The van der Waals surface area contributed by atoms with Crippen LogP contribution in [-0.4, -0.2) is 63.7 Å². The second-order valence-corrected chi connectivity index (χ2v) is 9.13. The Bertz CT molecular complexity index is 1130. The van der Waals surface area contributed by atoms with Crippen molar-refractivity contribution in [3.63, 3.8) is 0 Å². The van der Waals surface area contributed by atoms with Crippen LogP contribution in [-0.2, 0) is 24.8 Å². The summed E-state index contributed by atoms with van der Waals surface area (Å²) in [4.78, 5) is 13.7. The molecule has 0 saturated carbocycles. The highest BCUT2D eigenvalue weighted by Gasteiger charge is 2.34. The van der Waals surface area contributed by atoms with Gasteiger partial charge in [0.25, 0.3) is 0 Å². The predicted octanol–water partition coefficient (Wildman–Crippen LogP) is 2.08. The van der Waals surface area contributed by atoms with Crippen LogP contribution in [0.1, 0.15) is 36.6 Å². The minimum absolute atomic E-state index is 0.320. The van der Waals surface area contributed by atoms with Gasteiger partial charge >= 0.3 is 5.97 Å². The number of aliphatic carboxylic acids is 1. The van der Waals surface area contributed by atoms with Crippen LogP contribution in [0.5, 0.6) is 0 Å². The largest absolute Gasteiger partial charge is 0.507 e. The molecule has 8 heteroatoms. The van der Waals surface area contributed by atoms with E-state index in [4.69, 9.17) is 0 Å². The van der Waals surface area contributed by atoms with Crippen molar-refractivity contribution in [2.45, 2.75) is 45.0 Å². The van der Waals surface area contributed by atoms with Gasteiger partial charge in [-0.1, -0.05) is 0 Å². The van der Waals surface area contributed by atoms with E-state index in [0.717, 1.165) is 48.0 Å². The molecule has 4 rings (SSSR count). The van der Waals surface area contributed by atoms with Gasteiger partial charge in [0.2, 0.25) is 0 Å². The van der Waals surface area contributed by atoms with Crippen molar-refractivity contribution in [1.82, 2.24) is 20.1 Å². The number of allylic oxidation sites excluding steroid dienone is 1. The van der Waals surface area contributed by atoms with Crippen LogP contribution in [0, 0.1) is 0 Å². The number of hydrogen-bond donors (Lipinski definition) is 5. The Morgan fingerprint density at radius 3 is 2.75 bits per heavy atom. The molecular formula is C24H32N4O4. The maximum absolute atomic E-state index is 11.5. The summed E-state index contributed by atoms with van der Waals surface area (Å²) in [5, 5.41) is 37.9. The van der Waals surface area contributed by atoms with E-state index in [9.17, 15) is 20.1 Å². The van der Waals surface area contributed by atoms with E-state index in [1.54, 1.807) is 0 Å². The van der Waals surface area contributed by atoms with Gasteiger partial charge in [-0.2, -0.15) is 0 Å². The van der Waals surface area contributed by atoms with Gasteiger partial charge in [0, 0.05) is 53.9 Å². The molecule has 2 aromatic rings. The lowest BCUT2D eigenvalue weighted by atomic mass is 9.94. The third-order valence-corrected chi connectivity index (χ3v) is 6.41. The highest BCUT2D eigenvalue weighted by Crippen LogP contribution is 2.38. The zero-order chi connectivity index (χ0) is 23.2. The van der Waals surface area contributed by atoms with E-state index in [1.807, 2.05) is 0 Å². The average molecular weight is 441 g/mol. The van der Waals surface area contributed by atoms with Crippen LogP contribution in [0.3, 0.4) is 0 Å². The van der Waals surface area contributed by atoms with Crippen LogP contribution in [0.15, 0.2) is 35.1 Å². The first-order chi connectivity index (χ1) is 15.2. The lowest BCUT2D eigenvalue weighted by molar-refractivity contribution is -0.134. The summed E-state index contributed by atoms with van der Waals surface area (Å²) in [7, 11) is 6.20. The molecule has 32 heavy (non-hydrogen) atoms. The Hall–Kier alpha value is -2.81. The van der Waals surface area contributed by atoms with E-state index in [2.05, 4.69) is 66.4 Å². The number of aliphatic hydroxyl groups excluding tert-OH is 2. The quantitative estimate of drug-likeness (QED) is 0.468. The molecule has 1 aromatic heterocycles. The molecule has 2 atom stereocenters. The molecule has 2 aliphatic rings. The number of hydrogen-bond acceptors (Lipinski definition) is 6. The topological polar surface area (TPSA) is 110 Å². The Morgan fingerprint density at radius 2 is 2.06 bits per heavy atom. The van der Waals surface area contributed by atoms with E-state index in [1.165, 1.54) is 5.69 Å². The maximum atomic E-state index is 11.5. The van der Waals surface area contributed by atoms with Crippen LogP contribution < -0.4 is 10.6 Å². The van der Waals surface area contributed by atoms with Gasteiger partial charge in [0.1, 0.15) is 11.3 Å². The monoisotopic (exact) mass is 440 g/mol. The molecule has 1 aromatic carbocycles. The number of aromatic nitrogens is 1. The first kappa shape index (κ1) is 22.4. The van der Waals surface area contributed by atoms with Crippen LogP contribution >= 0.6 is 0 Å². The number of nitrogens with one attached hydrogen (secondary N) is 2. The molecule has 0 radical (unpaired) electrons. The normalized spacial score (nSPS) is 19.6. The second-order valence-electron chi connectivity index (χ2n) is 9.13. The summed E-state index contributed by atoms with van der Waals surface area (Å²) in [6.07, 6.45) is 0.681. The number of likely N-dealkylation sites (N-methyl/N-ethyl adjacent to an activating group) is 1. The Morgan fingerprint density at radius 1 is 1.31 bits per heavy atom. The van der Waals surface area contributed by atoms with Crippen molar-refractivity contribution in [1.29, 1.82) is 0 Å². The van der Waals surface area contributed by atoms with Crippen molar-refractivity contribution in [2.75, 3.05) is 20.6 Å². The Labute approximate surface area is 187 Å². The number of fused-ring (bicyclic) bond motifs is 3. The zero-order valence-electron chi connectivity index (χ0n) is 19.1. The molecule has 1 aliphatic carbocycles. The molecule has 8 nitrogen and oxygen atoms in total. The summed E-state index contributed by atoms with van der Waals surface area (Å²) in [6.45, 7) is 3.88. The Kier molecular flexibility index (Phi) is 6.03. The molecule has 2 heterocycles. The first-order valence-electron chi connectivity index (χ1n) is 11.0. The van der Waals surface area contributed by atoms with Crippen molar-refractivity contribution >= 4 is 22.6 Å². The molecule has 2 unspecified atom stereocenters. The van der Waals surface area contributed by atoms with Gasteiger partial charge < -0.3 is 35.4 Å². The number of nitrogens with zero attached hydrogens (tertiary/aromatic N) is 2. The van der Waals surface area contributed by atoms with Gasteiger partial charge in [-0.3, -0.25) is 0 Å². The van der Waals surface area contributed by atoms with Crippen molar-refractivity contribution in [3.05, 3.63) is 51.9 Å². The molecule has 172 valence electrons. The number of rotatable bonds is 6. The predicted molar refractivity (Wildman–Crippen MR) is 124 cm³/mol. The third kappa shape index (κ3) is 4.01.